The van der Waals surface area contributed by atoms with E-state index in [0.29, 0.717) is 19.4 Å². The smallest absolute Gasteiger partial charge is 0.311 e. The van der Waals surface area contributed by atoms with Gasteiger partial charge in [-0.1, -0.05) is 48.8 Å². The number of ether oxygens (including phenoxy) is 3. The van der Waals surface area contributed by atoms with Crippen molar-refractivity contribution in [3.63, 3.8) is 0 Å². The lowest BCUT2D eigenvalue weighted by Gasteiger charge is -2.35. The van der Waals surface area contributed by atoms with Crippen LogP contribution in [-0.4, -0.2) is 45.2 Å². The van der Waals surface area contributed by atoms with Gasteiger partial charge in [-0.3, -0.25) is 14.4 Å². The average molecular weight is 514 g/mol. The van der Waals surface area contributed by atoms with Crippen molar-refractivity contribution >= 4 is 17.8 Å². The molecule has 0 radical (unpaired) electrons. The lowest BCUT2D eigenvalue weighted by Crippen LogP contribution is -2.41. The number of benzene rings is 1. The zero-order valence-corrected chi connectivity index (χ0v) is 20.6. The fourth-order valence-corrected chi connectivity index (χ4v) is 3.86. The van der Waals surface area contributed by atoms with Crippen LogP contribution in [0.4, 0.5) is 0 Å². The molecule has 1 N–H and O–H groups in total. The second-order valence-corrected chi connectivity index (χ2v) is 8.77. The highest BCUT2D eigenvalue weighted by Gasteiger charge is 2.45. The molecule has 36 heavy (non-hydrogen) atoms. The van der Waals surface area contributed by atoms with Crippen molar-refractivity contribution in [1.82, 2.24) is 5.32 Å². The van der Waals surface area contributed by atoms with Gasteiger partial charge in [0.2, 0.25) is 5.91 Å². The molecule has 2 unspecified atom stereocenters. The average Bonchev–Trinajstić information content (AvgIpc) is 2.78. The Morgan fingerprint density at radius 1 is 0.944 bits per heavy atom. The van der Waals surface area contributed by atoms with Gasteiger partial charge in [-0.15, -0.1) is 0 Å². The Hall–Kier alpha value is -2.57. The Labute approximate surface area is 221 Å². The van der Waals surface area contributed by atoms with E-state index in [9.17, 15) is 14.4 Å². The Bertz CT molecular complexity index is 794. The van der Waals surface area contributed by atoms with Crippen LogP contribution in [0.25, 0.3) is 0 Å². The van der Waals surface area contributed by atoms with E-state index in [2.05, 4.69) is 5.32 Å². The predicted molar refractivity (Wildman–Crippen MR) is 150 cm³/mol. The van der Waals surface area contributed by atoms with Crippen LogP contribution in [0.15, 0.2) is 18.2 Å². The summed E-state index contributed by atoms with van der Waals surface area (Å²) in [6.07, 6.45) is 1.88. The standard InChI is InChI=1S/C25H39NO6.4CH4/c1-8-24(4,22(28)31-7)17-25(5,23(29)32-9-2)14-12-21(27)26-15-13-19-11-10-18(3)20(16-19)30-6;;;;/h10-11,16H,8-9,12-15,17H2,1-7H3,(H,26,27);4*1H4. The molecule has 0 saturated carbocycles. The van der Waals surface area contributed by atoms with Gasteiger partial charge >= 0.3 is 11.9 Å². The van der Waals surface area contributed by atoms with E-state index in [1.165, 1.54) is 7.11 Å². The van der Waals surface area contributed by atoms with E-state index in [-0.39, 0.29) is 67.5 Å². The summed E-state index contributed by atoms with van der Waals surface area (Å²) in [5.41, 5.74) is 0.318. The Balaban J connectivity index is -0.00000128. The first-order valence-electron chi connectivity index (χ1n) is 11.2. The van der Waals surface area contributed by atoms with Gasteiger partial charge in [0.15, 0.2) is 0 Å². The Kier molecular flexibility index (Phi) is 21.0. The highest BCUT2D eigenvalue weighted by Crippen LogP contribution is 2.41. The second-order valence-electron chi connectivity index (χ2n) is 8.77. The van der Waals surface area contributed by atoms with Crippen LogP contribution in [0.3, 0.4) is 0 Å². The van der Waals surface area contributed by atoms with Crippen LogP contribution in [0.5, 0.6) is 5.75 Å². The van der Waals surface area contributed by atoms with Crippen molar-refractivity contribution in [2.75, 3.05) is 27.4 Å². The molecular weight excluding hydrogens is 458 g/mol. The molecule has 0 aliphatic heterocycles. The molecule has 1 rings (SSSR count). The number of hydrogen-bond donors (Lipinski definition) is 1. The van der Waals surface area contributed by atoms with E-state index in [0.717, 1.165) is 16.9 Å². The minimum Gasteiger partial charge on any atom is -0.496 e. The van der Waals surface area contributed by atoms with Crippen molar-refractivity contribution in [3.8, 4) is 5.75 Å². The number of nitrogens with one attached hydrogen (secondary N) is 1. The quantitative estimate of drug-likeness (QED) is 0.301. The maximum Gasteiger partial charge on any atom is 0.311 e. The van der Waals surface area contributed by atoms with E-state index in [1.807, 2.05) is 32.0 Å². The molecule has 0 fully saturated rings. The van der Waals surface area contributed by atoms with Crippen LogP contribution < -0.4 is 10.1 Å². The SMILES string of the molecule is C.C.C.C.CCOC(=O)C(C)(CCC(=O)NCCc1ccc(C)c(OC)c1)CC(C)(CC)C(=O)OC. The maximum atomic E-state index is 12.8. The first-order valence-corrected chi connectivity index (χ1v) is 11.2. The molecule has 1 aromatic rings. The van der Waals surface area contributed by atoms with Crippen molar-refractivity contribution in [2.45, 2.75) is 96.4 Å². The van der Waals surface area contributed by atoms with E-state index < -0.39 is 16.8 Å². The van der Waals surface area contributed by atoms with Crippen molar-refractivity contribution in [1.29, 1.82) is 0 Å². The molecule has 0 aliphatic rings. The first kappa shape index (κ1) is 40.6. The van der Waals surface area contributed by atoms with Gasteiger partial charge in [-0.05, 0) is 70.6 Å². The van der Waals surface area contributed by atoms with Crippen LogP contribution >= 0.6 is 0 Å². The van der Waals surface area contributed by atoms with Crippen molar-refractivity contribution in [2.24, 2.45) is 10.8 Å². The number of hydrogen-bond acceptors (Lipinski definition) is 6. The second kappa shape index (κ2) is 18.7. The van der Waals surface area contributed by atoms with Crippen molar-refractivity contribution in [3.05, 3.63) is 29.3 Å². The highest BCUT2D eigenvalue weighted by molar-refractivity contribution is 5.82. The molecular formula is C29H55NO6. The third-order valence-corrected chi connectivity index (χ3v) is 6.12. The maximum absolute atomic E-state index is 12.8. The lowest BCUT2D eigenvalue weighted by molar-refractivity contribution is -0.162. The number of esters is 2. The molecule has 7 nitrogen and oxygen atoms in total. The molecule has 0 saturated heterocycles. The summed E-state index contributed by atoms with van der Waals surface area (Å²) in [5, 5.41) is 2.91. The fourth-order valence-electron chi connectivity index (χ4n) is 3.86. The normalized spacial score (nSPS) is 13.0. The highest BCUT2D eigenvalue weighted by atomic mass is 16.5. The van der Waals surface area contributed by atoms with Crippen molar-refractivity contribution < 1.29 is 28.6 Å². The molecule has 1 amide bonds. The summed E-state index contributed by atoms with van der Waals surface area (Å²) in [6.45, 7) is 9.87. The number of rotatable bonds is 13. The molecule has 0 heterocycles. The zero-order valence-electron chi connectivity index (χ0n) is 20.6. The molecule has 0 aromatic heterocycles. The largest absolute Gasteiger partial charge is 0.496 e. The van der Waals surface area contributed by atoms with E-state index in [1.54, 1.807) is 27.9 Å². The third kappa shape index (κ3) is 11.4. The fraction of sp³-hybridized carbons (Fsp3) is 0.690. The zero-order chi connectivity index (χ0) is 24.4. The molecule has 0 aliphatic carbocycles. The summed E-state index contributed by atoms with van der Waals surface area (Å²) in [7, 11) is 2.98. The molecule has 0 spiro atoms. The molecule has 0 bridgehead atoms. The summed E-state index contributed by atoms with van der Waals surface area (Å²) in [4.78, 5) is 37.6. The van der Waals surface area contributed by atoms with Gasteiger partial charge < -0.3 is 19.5 Å². The molecule has 7 heteroatoms. The van der Waals surface area contributed by atoms with Gasteiger partial charge in [0, 0.05) is 13.0 Å². The van der Waals surface area contributed by atoms with E-state index >= 15 is 0 Å². The van der Waals surface area contributed by atoms with Gasteiger partial charge in [0.1, 0.15) is 5.75 Å². The van der Waals surface area contributed by atoms with Gasteiger partial charge in [0.25, 0.3) is 0 Å². The number of amides is 1. The number of carbonyl (C=O) groups is 3. The lowest BCUT2D eigenvalue weighted by atomic mass is 9.69. The summed E-state index contributed by atoms with van der Waals surface area (Å²) in [6, 6.07) is 5.98. The molecule has 2 atom stereocenters. The number of carbonyl (C=O) groups excluding carboxylic acids is 3. The Morgan fingerprint density at radius 2 is 1.56 bits per heavy atom. The summed E-state index contributed by atoms with van der Waals surface area (Å²) >= 11 is 0. The Morgan fingerprint density at radius 3 is 2.06 bits per heavy atom. The summed E-state index contributed by atoms with van der Waals surface area (Å²) < 4.78 is 15.6. The minimum atomic E-state index is -0.976. The molecule has 212 valence electrons. The van der Waals surface area contributed by atoms with Crippen LogP contribution in [-0.2, 0) is 30.3 Å². The number of aryl methyl sites for hydroxylation is 1. The first-order chi connectivity index (χ1) is 15.0. The van der Waals surface area contributed by atoms with Gasteiger partial charge in [-0.2, -0.15) is 0 Å². The number of methoxy groups -OCH3 is 2. The molecule has 1 aromatic carbocycles. The van der Waals surface area contributed by atoms with Gasteiger partial charge in [0.05, 0.1) is 31.7 Å². The minimum absolute atomic E-state index is 0. The van der Waals surface area contributed by atoms with E-state index in [4.69, 9.17) is 14.2 Å². The van der Waals surface area contributed by atoms with Crippen LogP contribution in [0, 0.1) is 17.8 Å². The monoisotopic (exact) mass is 513 g/mol. The van der Waals surface area contributed by atoms with Gasteiger partial charge in [-0.25, -0.2) is 0 Å². The summed E-state index contributed by atoms with van der Waals surface area (Å²) in [5.74, 6) is -0.0869. The van der Waals surface area contributed by atoms with Crippen LogP contribution in [0.1, 0.15) is 94.2 Å². The topological polar surface area (TPSA) is 90.9 Å². The van der Waals surface area contributed by atoms with Crippen LogP contribution in [0.2, 0.25) is 0 Å². The predicted octanol–water partition coefficient (Wildman–Crippen LogP) is 6.54. The third-order valence-electron chi connectivity index (χ3n) is 6.12.